The summed E-state index contributed by atoms with van der Waals surface area (Å²) in [5.41, 5.74) is 1.12. The molecule has 86 valence electrons. The molecule has 0 spiro atoms. The normalized spacial score (nSPS) is 20.1. The van der Waals surface area contributed by atoms with Crippen LogP contribution in [-0.4, -0.2) is 28.6 Å². The predicted molar refractivity (Wildman–Crippen MR) is 61.6 cm³/mol. The van der Waals surface area contributed by atoms with E-state index < -0.39 is 5.97 Å². The van der Waals surface area contributed by atoms with Gasteiger partial charge in [0.25, 0.3) is 0 Å². The van der Waals surface area contributed by atoms with E-state index in [9.17, 15) is 4.79 Å². The molecular formula is C12H16N2O2. The minimum atomic E-state index is -0.732. The summed E-state index contributed by atoms with van der Waals surface area (Å²) in [6.07, 6.45) is 4.02. The highest BCUT2D eigenvalue weighted by Gasteiger charge is 2.27. The van der Waals surface area contributed by atoms with Crippen molar-refractivity contribution < 1.29 is 9.90 Å². The van der Waals surface area contributed by atoms with Crippen molar-refractivity contribution in [2.45, 2.75) is 32.2 Å². The van der Waals surface area contributed by atoms with Crippen molar-refractivity contribution in [1.82, 2.24) is 4.98 Å². The van der Waals surface area contributed by atoms with Crippen LogP contribution in [0.25, 0.3) is 0 Å². The third-order valence-corrected chi connectivity index (χ3v) is 2.98. The minimum absolute atomic E-state index is 0.104. The molecule has 4 heteroatoms. The molecule has 1 N–H and O–H groups in total. The lowest BCUT2D eigenvalue weighted by atomic mass is 10.1. The van der Waals surface area contributed by atoms with Crippen LogP contribution in [0.15, 0.2) is 18.3 Å². The maximum atomic E-state index is 10.7. The first-order valence-electron chi connectivity index (χ1n) is 5.58. The fraction of sp³-hybridized carbons (Fsp3) is 0.500. The zero-order valence-electron chi connectivity index (χ0n) is 9.39. The lowest BCUT2D eigenvalue weighted by Gasteiger charge is -2.24. The molecule has 0 bridgehead atoms. The van der Waals surface area contributed by atoms with Crippen LogP contribution in [-0.2, 0) is 4.79 Å². The number of hydrogen-bond acceptors (Lipinski definition) is 3. The average Bonchev–Trinajstić information content (AvgIpc) is 2.66. The van der Waals surface area contributed by atoms with E-state index in [0.29, 0.717) is 0 Å². The van der Waals surface area contributed by atoms with Crippen LogP contribution in [0.1, 0.15) is 24.8 Å². The van der Waals surface area contributed by atoms with Gasteiger partial charge in [-0.3, -0.25) is 4.79 Å². The van der Waals surface area contributed by atoms with Gasteiger partial charge in [0.1, 0.15) is 5.82 Å². The number of carbonyl (C=O) groups is 1. The van der Waals surface area contributed by atoms with E-state index >= 15 is 0 Å². The number of nitrogens with zero attached hydrogens (tertiary/aromatic N) is 2. The fourth-order valence-corrected chi connectivity index (χ4v) is 2.18. The fourth-order valence-electron chi connectivity index (χ4n) is 2.18. The van der Waals surface area contributed by atoms with Gasteiger partial charge in [0.15, 0.2) is 0 Å². The highest BCUT2D eigenvalue weighted by Crippen LogP contribution is 2.25. The molecular weight excluding hydrogens is 204 g/mol. The van der Waals surface area contributed by atoms with Crippen LogP contribution in [0.4, 0.5) is 5.82 Å². The number of carboxylic acid groups (broad SMARTS) is 1. The molecule has 1 aliphatic rings. The molecule has 0 radical (unpaired) electrons. The predicted octanol–water partition coefficient (Wildman–Crippen LogP) is 1.83. The summed E-state index contributed by atoms with van der Waals surface area (Å²) in [6.45, 7) is 2.91. The summed E-state index contributed by atoms with van der Waals surface area (Å²) >= 11 is 0. The Morgan fingerprint density at radius 2 is 2.44 bits per heavy atom. The van der Waals surface area contributed by atoms with Crippen molar-refractivity contribution >= 4 is 11.8 Å². The molecule has 1 aliphatic heterocycles. The third-order valence-electron chi connectivity index (χ3n) is 2.98. The molecule has 2 heterocycles. The van der Waals surface area contributed by atoms with Gasteiger partial charge in [0, 0.05) is 18.8 Å². The Morgan fingerprint density at radius 1 is 1.62 bits per heavy atom. The summed E-state index contributed by atoms with van der Waals surface area (Å²) < 4.78 is 0. The van der Waals surface area contributed by atoms with Crippen LogP contribution in [0, 0.1) is 6.92 Å². The van der Waals surface area contributed by atoms with Crippen molar-refractivity contribution in [3.05, 3.63) is 23.9 Å². The van der Waals surface area contributed by atoms with E-state index in [4.69, 9.17) is 5.11 Å². The van der Waals surface area contributed by atoms with Gasteiger partial charge in [0.05, 0.1) is 6.42 Å². The van der Waals surface area contributed by atoms with Crippen molar-refractivity contribution in [3.8, 4) is 0 Å². The highest BCUT2D eigenvalue weighted by atomic mass is 16.4. The van der Waals surface area contributed by atoms with E-state index in [0.717, 1.165) is 30.8 Å². The Hall–Kier alpha value is -1.58. The van der Waals surface area contributed by atoms with E-state index in [-0.39, 0.29) is 12.5 Å². The zero-order chi connectivity index (χ0) is 11.5. The standard InChI is InChI=1S/C12H16N2O2/c1-9-4-5-11(13-8-9)14-6-2-3-10(14)7-12(15)16/h4-5,8,10H,2-3,6-7H2,1H3,(H,15,16). The molecule has 0 amide bonds. The lowest BCUT2D eigenvalue weighted by molar-refractivity contribution is -0.137. The van der Waals surface area contributed by atoms with Crippen LogP contribution in [0.2, 0.25) is 0 Å². The highest BCUT2D eigenvalue weighted by molar-refractivity contribution is 5.68. The van der Waals surface area contributed by atoms with Crippen molar-refractivity contribution in [2.75, 3.05) is 11.4 Å². The molecule has 1 aromatic heterocycles. The Balaban J connectivity index is 2.13. The number of rotatable bonds is 3. The quantitative estimate of drug-likeness (QED) is 0.844. The first-order valence-corrected chi connectivity index (χ1v) is 5.58. The lowest BCUT2D eigenvalue weighted by Crippen LogP contribution is -2.31. The van der Waals surface area contributed by atoms with Gasteiger partial charge in [-0.25, -0.2) is 4.98 Å². The van der Waals surface area contributed by atoms with Gasteiger partial charge in [-0.1, -0.05) is 6.07 Å². The number of carboxylic acids is 1. The van der Waals surface area contributed by atoms with Gasteiger partial charge in [0.2, 0.25) is 0 Å². The van der Waals surface area contributed by atoms with Crippen LogP contribution < -0.4 is 4.90 Å². The van der Waals surface area contributed by atoms with Gasteiger partial charge in [-0.2, -0.15) is 0 Å². The second-order valence-corrected chi connectivity index (χ2v) is 4.28. The minimum Gasteiger partial charge on any atom is -0.481 e. The maximum absolute atomic E-state index is 10.7. The average molecular weight is 220 g/mol. The molecule has 1 fully saturated rings. The number of aliphatic carboxylic acids is 1. The Kier molecular flexibility index (Phi) is 3.08. The smallest absolute Gasteiger partial charge is 0.305 e. The first-order chi connectivity index (χ1) is 7.66. The Morgan fingerprint density at radius 3 is 3.06 bits per heavy atom. The summed E-state index contributed by atoms with van der Waals surface area (Å²) in [4.78, 5) is 17.2. The van der Waals surface area contributed by atoms with Crippen molar-refractivity contribution in [2.24, 2.45) is 0 Å². The molecule has 1 unspecified atom stereocenters. The van der Waals surface area contributed by atoms with E-state index in [2.05, 4.69) is 9.88 Å². The van der Waals surface area contributed by atoms with Crippen molar-refractivity contribution in [1.29, 1.82) is 0 Å². The summed E-state index contributed by atoms with van der Waals surface area (Å²) in [5.74, 6) is 0.165. The zero-order valence-corrected chi connectivity index (χ0v) is 9.39. The second kappa shape index (κ2) is 4.51. The summed E-state index contributed by atoms with van der Waals surface area (Å²) in [5, 5.41) is 8.84. The van der Waals surface area contributed by atoms with E-state index in [1.54, 1.807) is 0 Å². The summed E-state index contributed by atoms with van der Waals surface area (Å²) in [7, 11) is 0. The van der Waals surface area contributed by atoms with Gasteiger partial charge >= 0.3 is 5.97 Å². The summed E-state index contributed by atoms with van der Waals surface area (Å²) in [6, 6.07) is 4.08. The maximum Gasteiger partial charge on any atom is 0.305 e. The molecule has 4 nitrogen and oxygen atoms in total. The van der Waals surface area contributed by atoms with Gasteiger partial charge in [-0.05, 0) is 31.4 Å². The number of aromatic nitrogens is 1. The molecule has 1 saturated heterocycles. The third kappa shape index (κ3) is 2.32. The van der Waals surface area contributed by atoms with Gasteiger partial charge < -0.3 is 10.0 Å². The molecule has 1 atom stereocenters. The monoisotopic (exact) mass is 220 g/mol. The second-order valence-electron chi connectivity index (χ2n) is 4.28. The SMILES string of the molecule is Cc1ccc(N2CCCC2CC(=O)O)nc1. The number of aryl methyl sites for hydroxylation is 1. The van der Waals surface area contributed by atoms with E-state index in [1.807, 2.05) is 25.3 Å². The molecule has 16 heavy (non-hydrogen) atoms. The molecule has 0 saturated carbocycles. The Bertz CT molecular complexity index is 375. The first kappa shape index (κ1) is 10.9. The number of pyridine rings is 1. The topological polar surface area (TPSA) is 53.4 Å². The number of anilines is 1. The molecule has 0 aliphatic carbocycles. The largest absolute Gasteiger partial charge is 0.481 e. The molecule has 1 aromatic rings. The van der Waals surface area contributed by atoms with Gasteiger partial charge in [-0.15, -0.1) is 0 Å². The number of hydrogen-bond donors (Lipinski definition) is 1. The molecule has 0 aromatic carbocycles. The van der Waals surface area contributed by atoms with Crippen LogP contribution in [0.3, 0.4) is 0 Å². The molecule has 2 rings (SSSR count). The van der Waals surface area contributed by atoms with Crippen LogP contribution >= 0.6 is 0 Å². The van der Waals surface area contributed by atoms with Crippen molar-refractivity contribution in [3.63, 3.8) is 0 Å². The van der Waals surface area contributed by atoms with Crippen LogP contribution in [0.5, 0.6) is 0 Å². The Labute approximate surface area is 94.9 Å². The van der Waals surface area contributed by atoms with E-state index in [1.165, 1.54) is 0 Å².